The fourth-order valence-corrected chi connectivity index (χ4v) is 8.64. The molecule has 31 heavy (non-hydrogen) atoms. The monoisotopic (exact) mass is 405 g/mol. The summed E-state index contributed by atoms with van der Waals surface area (Å²) in [4.78, 5) is 4.73. The average molecular weight is 406 g/mol. The fraction of sp³-hybridized carbons (Fsp3) is 0.433. The molecule has 0 amide bonds. The van der Waals surface area contributed by atoms with E-state index in [4.69, 9.17) is 4.98 Å². The molecule has 1 heterocycles. The number of hydrogen-bond donors (Lipinski definition) is 0. The van der Waals surface area contributed by atoms with Gasteiger partial charge in [0, 0.05) is 17.2 Å². The third-order valence-electron chi connectivity index (χ3n) is 9.22. The van der Waals surface area contributed by atoms with E-state index in [0.29, 0.717) is 5.41 Å². The standard InChI is InChI=1S/C30H31N/c1-29(2)27-22(7-5-9-24(27)26-11-3-4-12-31-26)23-8-6-10-25(28(23)29)30-16-19-13-20(17-30)15-21(14-19)18-30/h3-12,19-21H,13-18H2,1-2H3. The number of rotatable bonds is 2. The summed E-state index contributed by atoms with van der Waals surface area (Å²) in [5.74, 6) is 2.91. The van der Waals surface area contributed by atoms with Crippen LogP contribution in [0.25, 0.3) is 22.4 Å². The summed E-state index contributed by atoms with van der Waals surface area (Å²) >= 11 is 0. The highest BCUT2D eigenvalue weighted by molar-refractivity contribution is 5.88. The lowest BCUT2D eigenvalue weighted by atomic mass is 9.47. The quantitative estimate of drug-likeness (QED) is 0.429. The zero-order chi connectivity index (χ0) is 20.8. The average Bonchev–Trinajstić information content (AvgIpc) is 3.01. The summed E-state index contributed by atoms with van der Waals surface area (Å²) in [6.07, 6.45) is 10.7. The highest BCUT2D eigenvalue weighted by atomic mass is 14.7. The predicted molar refractivity (Wildman–Crippen MR) is 127 cm³/mol. The van der Waals surface area contributed by atoms with Gasteiger partial charge in [-0.2, -0.15) is 0 Å². The summed E-state index contributed by atoms with van der Waals surface area (Å²) in [5, 5.41) is 0. The number of fused-ring (bicyclic) bond motifs is 3. The summed E-state index contributed by atoms with van der Waals surface area (Å²) in [6, 6.07) is 20.4. The Bertz CT molecular complexity index is 1150. The zero-order valence-corrected chi connectivity index (χ0v) is 18.7. The van der Waals surface area contributed by atoms with E-state index in [0.717, 1.165) is 23.4 Å². The van der Waals surface area contributed by atoms with E-state index in [-0.39, 0.29) is 5.41 Å². The molecular weight excluding hydrogens is 374 g/mol. The first-order valence-corrected chi connectivity index (χ1v) is 12.2. The van der Waals surface area contributed by atoms with Crippen LogP contribution < -0.4 is 0 Å². The van der Waals surface area contributed by atoms with Gasteiger partial charge in [-0.25, -0.2) is 0 Å². The minimum Gasteiger partial charge on any atom is -0.256 e. The van der Waals surface area contributed by atoms with Crippen molar-refractivity contribution in [3.8, 4) is 22.4 Å². The molecule has 1 heteroatoms. The van der Waals surface area contributed by atoms with E-state index in [2.05, 4.69) is 62.4 Å². The first-order valence-electron chi connectivity index (χ1n) is 12.2. The van der Waals surface area contributed by atoms with Crippen LogP contribution in [0.5, 0.6) is 0 Å². The van der Waals surface area contributed by atoms with E-state index in [9.17, 15) is 0 Å². The molecule has 0 saturated heterocycles. The molecule has 1 aromatic heterocycles. The van der Waals surface area contributed by atoms with Crippen molar-refractivity contribution >= 4 is 0 Å². The molecule has 156 valence electrons. The molecule has 0 spiro atoms. The van der Waals surface area contributed by atoms with Gasteiger partial charge >= 0.3 is 0 Å². The predicted octanol–water partition coefficient (Wildman–Crippen LogP) is 7.52. The van der Waals surface area contributed by atoms with Gasteiger partial charge in [-0.15, -0.1) is 0 Å². The van der Waals surface area contributed by atoms with Crippen LogP contribution >= 0.6 is 0 Å². The van der Waals surface area contributed by atoms with Crippen molar-refractivity contribution in [2.24, 2.45) is 17.8 Å². The van der Waals surface area contributed by atoms with Crippen LogP contribution in [-0.4, -0.2) is 4.98 Å². The van der Waals surface area contributed by atoms with Crippen LogP contribution in [-0.2, 0) is 10.8 Å². The molecule has 4 bridgehead atoms. The van der Waals surface area contributed by atoms with E-state index in [1.54, 1.807) is 11.1 Å². The summed E-state index contributed by atoms with van der Waals surface area (Å²) in [7, 11) is 0. The second kappa shape index (κ2) is 6.09. The Balaban J connectivity index is 1.45. The largest absolute Gasteiger partial charge is 0.256 e. The van der Waals surface area contributed by atoms with E-state index in [1.165, 1.54) is 60.8 Å². The molecule has 5 aliphatic rings. The molecule has 0 aliphatic heterocycles. The van der Waals surface area contributed by atoms with Gasteiger partial charge in [0.25, 0.3) is 0 Å². The van der Waals surface area contributed by atoms with Crippen molar-refractivity contribution in [1.29, 1.82) is 0 Å². The maximum Gasteiger partial charge on any atom is 0.0705 e. The van der Waals surface area contributed by atoms with Gasteiger partial charge in [-0.3, -0.25) is 4.98 Å². The zero-order valence-electron chi connectivity index (χ0n) is 18.7. The van der Waals surface area contributed by atoms with Gasteiger partial charge in [0.15, 0.2) is 0 Å². The number of nitrogens with zero attached hydrogens (tertiary/aromatic N) is 1. The second-order valence-electron chi connectivity index (χ2n) is 11.5. The van der Waals surface area contributed by atoms with Crippen LogP contribution in [0.2, 0.25) is 0 Å². The van der Waals surface area contributed by atoms with Crippen LogP contribution in [0.15, 0.2) is 60.8 Å². The Labute approximate surface area is 185 Å². The smallest absolute Gasteiger partial charge is 0.0705 e. The summed E-state index contributed by atoms with van der Waals surface area (Å²) in [6.45, 7) is 4.93. The minimum atomic E-state index is -0.00128. The Morgan fingerprint density at radius 1 is 0.677 bits per heavy atom. The van der Waals surface area contributed by atoms with Crippen molar-refractivity contribution in [2.75, 3.05) is 0 Å². The van der Waals surface area contributed by atoms with Crippen molar-refractivity contribution in [1.82, 2.24) is 4.98 Å². The molecule has 5 aliphatic carbocycles. The van der Waals surface area contributed by atoms with Gasteiger partial charge in [-0.1, -0.05) is 56.3 Å². The van der Waals surface area contributed by atoms with Crippen LogP contribution in [0, 0.1) is 17.8 Å². The Morgan fingerprint density at radius 2 is 1.29 bits per heavy atom. The van der Waals surface area contributed by atoms with E-state index >= 15 is 0 Å². The van der Waals surface area contributed by atoms with Gasteiger partial charge in [0.05, 0.1) is 5.69 Å². The van der Waals surface area contributed by atoms with Crippen molar-refractivity contribution in [3.05, 3.63) is 77.5 Å². The van der Waals surface area contributed by atoms with Gasteiger partial charge < -0.3 is 0 Å². The SMILES string of the molecule is CC1(C)c2c(-c3ccccn3)cccc2-c2cccc(C34CC5CC(CC(C5)C3)C4)c21. The summed E-state index contributed by atoms with van der Waals surface area (Å²) < 4.78 is 0. The molecule has 8 rings (SSSR count). The maximum atomic E-state index is 4.73. The molecule has 2 aromatic carbocycles. The fourth-order valence-electron chi connectivity index (χ4n) is 8.64. The van der Waals surface area contributed by atoms with E-state index < -0.39 is 0 Å². The first kappa shape index (κ1) is 18.2. The molecule has 0 atom stereocenters. The van der Waals surface area contributed by atoms with Crippen molar-refractivity contribution in [2.45, 2.75) is 63.2 Å². The highest BCUT2D eigenvalue weighted by Gasteiger charge is 2.54. The summed E-state index contributed by atoms with van der Waals surface area (Å²) in [5.41, 5.74) is 10.5. The van der Waals surface area contributed by atoms with Gasteiger partial charge in [0.2, 0.25) is 0 Å². The lowest BCUT2D eigenvalue weighted by Crippen LogP contribution is -2.49. The molecule has 0 unspecified atom stereocenters. The highest BCUT2D eigenvalue weighted by Crippen LogP contribution is 2.64. The topological polar surface area (TPSA) is 12.9 Å². The van der Waals surface area contributed by atoms with Crippen LogP contribution in [0.4, 0.5) is 0 Å². The Hall–Kier alpha value is -2.41. The normalized spacial score (nSPS) is 31.5. The third-order valence-corrected chi connectivity index (χ3v) is 9.22. The molecule has 0 radical (unpaired) electrons. The molecule has 0 N–H and O–H groups in total. The number of hydrogen-bond acceptors (Lipinski definition) is 1. The second-order valence-corrected chi connectivity index (χ2v) is 11.5. The third kappa shape index (κ3) is 2.41. The number of benzene rings is 2. The van der Waals surface area contributed by atoms with Crippen molar-refractivity contribution < 1.29 is 0 Å². The molecule has 4 fully saturated rings. The molecular formula is C30H31N. The first-order chi connectivity index (χ1) is 15.1. The van der Waals surface area contributed by atoms with E-state index in [1.807, 2.05) is 12.3 Å². The van der Waals surface area contributed by atoms with Crippen LogP contribution in [0.3, 0.4) is 0 Å². The molecule has 3 aromatic rings. The lowest BCUT2D eigenvalue weighted by molar-refractivity contribution is -0.00580. The van der Waals surface area contributed by atoms with Gasteiger partial charge in [-0.05, 0) is 102 Å². The molecule has 1 nitrogen and oxygen atoms in total. The Morgan fingerprint density at radius 3 is 1.94 bits per heavy atom. The maximum absolute atomic E-state index is 4.73. The van der Waals surface area contributed by atoms with Crippen molar-refractivity contribution in [3.63, 3.8) is 0 Å². The molecule has 4 saturated carbocycles. The lowest BCUT2D eigenvalue weighted by Gasteiger charge is -2.58. The Kier molecular flexibility index (Phi) is 3.57. The number of pyridine rings is 1. The number of aromatic nitrogens is 1. The minimum absolute atomic E-state index is 0.00128. The van der Waals surface area contributed by atoms with Gasteiger partial charge in [0.1, 0.15) is 0 Å². The van der Waals surface area contributed by atoms with Crippen LogP contribution in [0.1, 0.15) is 69.1 Å².